The predicted molar refractivity (Wildman–Crippen MR) is 117 cm³/mol. The Morgan fingerprint density at radius 1 is 1.20 bits per heavy atom. The molecule has 8 nitrogen and oxygen atoms in total. The number of ether oxygens (including phenoxy) is 1. The quantitative estimate of drug-likeness (QED) is 0.378. The summed E-state index contributed by atoms with van der Waals surface area (Å²) in [7, 11) is 0. The van der Waals surface area contributed by atoms with Crippen LogP contribution in [0, 0.1) is 0 Å². The van der Waals surface area contributed by atoms with Crippen LogP contribution in [0.5, 0.6) is 0 Å². The van der Waals surface area contributed by atoms with E-state index in [4.69, 9.17) is 4.74 Å². The molecule has 0 bridgehead atoms. The Hall–Kier alpha value is -2.72. The van der Waals surface area contributed by atoms with Gasteiger partial charge in [0.25, 0.3) is 0 Å². The third kappa shape index (κ3) is 6.14. The van der Waals surface area contributed by atoms with Gasteiger partial charge in [-0.25, -0.2) is 4.98 Å². The highest BCUT2D eigenvalue weighted by atomic mass is 32.2. The molecule has 3 aromatic rings. The van der Waals surface area contributed by atoms with Crippen LogP contribution >= 0.6 is 23.1 Å². The van der Waals surface area contributed by atoms with Crippen molar-refractivity contribution in [2.45, 2.75) is 38.4 Å². The van der Waals surface area contributed by atoms with E-state index in [2.05, 4.69) is 32.6 Å². The van der Waals surface area contributed by atoms with Crippen LogP contribution in [0.4, 0.5) is 5.13 Å². The highest BCUT2D eigenvalue weighted by Gasteiger charge is 2.15. The average molecular weight is 446 g/mol. The van der Waals surface area contributed by atoms with Crippen molar-refractivity contribution < 1.29 is 14.3 Å². The molecule has 2 heterocycles. The molecule has 0 aliphatic heterocycles. The van der Waals surface area contributed by atoms with Gasteiger partial charge in [-0.15, -0.1) is 21.5 Å². The Bertz CT molecular complexity index is 988. The number of esters is 1. The van der Waals surface area contributed by atoms with Crippen molar-refractivity contribution in [3.05, 3.63) is 52.8 Å². The van der Waals surface area contributed by atoms with Crippen molar-refractivity contribution in [3.63, 3.8) is 0 Å². The van der Waals surface area contributed by atoms with Crippen molar-refractivity contribution in [2.24, 2.45) is 0 Å². The van der Waals surface area contributed by atoms with Gasteiger partial charge >= 0.3 is 5.97 Å². The fourth-order valence-corrected chi connectivity index (χ4v) is 4.29. The minimum absolute atomic E-state index is 0.0960. The Morgan fingerprint density at radius 3 is 2.73 bits per heavy atom. The summed E-state index contributed by atoms with van der Waals surface area (Å²) >= 11 is 2.61. The number of rotatable bonds is 10. The predicted octanol–water partition coefficient (Wildman–Crippen LogP) is 3.18. The van der Waals surface area contributed by atoms with Gasteiger partial charge in [0.05, 0.1) is 24.5 Å². The van der Waals surface area contributed by atoms with E-state index in [1.165, 1.54) is 23.1 Å². The molecule has 0 radical (unpaired) electrons. The molecule has 30 heavy (non-hydrogen) atoms. The topological polar surface area (TPSA) is 99.0 Å². The number of carbonyl (C=O) groups excluding carboxylic acids is 2. The van der Waals surface area contributed by atoms with Crippen LogP contribution in [0.15, 0.2) is 40.9 Å². The zero-order chi connectivity index (χ0) is 21.3. The summed E-state index contributed by atoms with van der Waals surface area (Å²) < 4.78 is 6.92. The molecule has 0 aliphatic rings. The molecule has 0 saturated carbocycles. The molecule has 1 N–H and O–H groups in total. The standard InChI is InChI=1S/C20H23N5O3S2/c1-3-25-16(10-14-8-6-5-7-9-14)23-24-20(25)30-13-17(26)22-19-21-15(12-29-19)11-18(27)28-4-2/h5-9,12H,3-4,10-11,13H2,1-2H3,(H,21,22,26). The molecule has 10 heteroatoms. The molecule has 0 aliphatic carbocycles. The number of hydrogen-bond donors (Lipinski definition) is 1. The van der Waals surface area contributed by atoms with E-state index in [0.29, 0.717) is 29.0 Å². The zero-order valence-electron chi connectivity index (χ0n) is 16.8. The van der Waals surface area contributed by atoms with Crippen molar-refractivity contribution in [1.82, 2.24) is 19.7 Å². The smallest absolute Gasteiger partial charge is 0.311 e. The molecule has 0 unspecified atom stereocenters. The number of anilines is 1. The number of benzene rings is 1. The molecule has 0 spiro atoms. The Morgan fingerprint density at radius 2 is 2.00 bits per heavy atom. The van der Waals surface area contributed by atoms with Gasteiger partial charge in [0, 0.05) is 18.3 Å². The number of aromatic nitrogens is 4. The van der Waals surface area contributed by atoms with Crippen molar-refractivity contribution in [2.75, 3.05) is 17.7 Å². The lowest BCUT2D eigenvalue weighted by Gasteiger charge is -2.07. The highest BCUT2D eigenvalue weighted by Crippen LogP contribution is 2.20. The first-order valence-corrected chi connectivity index (χ1v) is 11.4. The Labute approximate surface area is 183 Å². The number of amides is 1. The van der Waals surface area contributed by atoms with Crippen LogP contribution < -0.4 is 5.32 Å². The van der Waals surface area contributed by atoms with Crippen LogP contribution in [0.1, 0.15) is 30.9 Å². The van der Waals surface area contributed by atoms with Gasteiger partial charge in [0.15, 0.2) is 10.3 Å². The highest BCUT2D eigenvalue weighted by molar-refractivity contribution is 7.99. The number of nitrogens with one attached hydrogen (secondary N) is 1. The minimum atomic E-state index is -0.332. The first-order chi connectivity index (χ1) is 14.6. The summed E-state index contributed by atoms with van der Waals surface area (Å²) in [6, 6.07) is 10.1. The first kappa shape index (κ1) is 22.0. The maximum Gasteiger partial charge on any atom is 0.311 e. The second kappa shape index (κ2) is 10.9. The van der Waals surface area contributed by atoms with E-state index in [1.807, 2.05) is 29.7 Å². The van der Waals surface area contributed by atoms with Crippen LogP contribution in [-0.2, 0) is 33.7 Å². The molecule has 3 rings (SSSR count). The van der Waals surface area contributed by atoms with Gasteiger partial charge in [-0.3, -0.25) is 9.59 Å². The van der Waals surface area contributed by atoms with E-state index >= 15 is 0 Å². The molecule has 2 aromatic heterocycles. The van der Waals surface area contributed by atoms with E-state index in [1.54, 1.807) is 12.3 Å². The summed E-state index contributed by atoms with van der Waals surface area (Å²) in [5, 5.41) is 14.2. The summed E-state index contributed by atoms with van der Waals surface area (Å²) in [6.07, 6.45) is 0.787. The van der Waals surface area contributed by atoms with Gasteiger partial charge in [0.2, 0.25) is 5.91 Å². The molecule has 0 saturated heterocycles. The zero-order valence-corrected chi connectivity index (χ0v) is 18.5. The molecule has 1 amide bonds. The third-order valence-corrected chi connectivity index (χ3v) is 5.85. The van der Waals surface area contributed by atoms with E-state index in [0.717, 1.165) is 17.9 Å². The van der Waals surface area contributed by atoms with Gasteiger partial charge in [-0.2, -0.15) is 0 Å². The second-order valence-corrected chi connectivity index (χ2v) is 8.07. The summed E-state index contributed by atoms with van der Waals surface area (Å²) in [4.78, 5) is 28.1. The minimum Gasteiger partial charge on any atom is -0.466 e. The third-order valence-electron chi connectivity index (χ3n) is 4.08. The van der Waals surface area contributed by atoms with Crippen LogP contribution in [0.25, 0.3) is 0 Å². The lowest BCUT2D eigenvalue weighted by Crippen LogP contribution is -2.15. The second-order valence-electron chi connectivity index (χ2n) is 6.27. The number of carbonyl (C=O) groups is 2. The van der Waals surface area contributed by atoms with Gasteiger partial charge in [0.1, 0.15) is 5.82 Å². The van der Waals surface area contributed by atoms with E-state index in [-0.39, 0.29) is 24.1 Å². The van der Waals surface area contributed by atoms with E-state index in [9.17, 15) is 9.59 Å². The number of hydrogen-bond acceptors (Lipinski definition) is 8. The summed E-state index contributed by atoms with van der Waals surface area (Å²) in [6.45, 7) is 4.84. The molecule has 1 aromatic carbocycles. The SMILES string of the molecule is CCOC(=O)Cc1csc(NC(=O)CSc2nnc(Cc3ccccc3)n2CC)n1. The van der Waals surface area contributed by atoms with Crippen LogP contribution in [0.3, 0.4) is 0 Å². The summed E-state index contributed by atoms with van der Waals surface area (Å²) in [5.41, 5.74) is 1.74. The van der Waals surface area contributed by atoms with Crippen LogP contribution in [0.2, 0.25) is 0 Å². The van der Waals surface area contributed by atoms with Crippen molar-refractivity contribution in [3.8, 4) is 0 Å². The van der Waals surface area contributed by atoms with Crippen LogP contribution in [-0.4, -0.2) is 44.0 Å². The molecular formula is C20H23N5O3S2. The monoisotopic (exact) mass is 445 g/mol. The number of thiazole rings is 1. The molecule has 158 valence electrons. The van der Waals surface area contributed by atoms with Crippen molar-refractivity contribution in [1.29, 1.82) is 0 Å². The maximum absolute atomic E-state index is 12.3. The fraction of sp³-hybridized carbons (Fsp3) is 0.350. The lowest BCUT2D eigenvalue weighted by atomic mass is 10.1. The molecule has 0 fully saturated rings. The maximum atomic E-state index is 12.3. The number of nitrogens with zero attached hydrogens (tertiary/aromatic N) is 4. The van der Waals surface area contributed by atoms with Crippen molar-refractivity contribution >= 4 is 40.1 Å². The summed E-state index contributed by atoms with van der Waals surface area (Å²) in [5.74, 6) is 0.542. The largest absolute Gasteiger partial charge is 0.466 e. The van der Waals surface area contributed by atoms with E-state index < -0.39 is 0 Å². The molecular weight excluding hydrogens is 422 g/mol. The van der Waals surface area contributed by atoms with Gasteiger partial charge < -0.3 is 14.6 Å². The first-order valence-electron chi connectivity index (χ1n) is 9.57. The lowest BCUT2D eigenvalue weighted by molar-refractivity contribution is -0.142. The average Bonchev–Trinajstić information content (AvgIpc) is 3.33. The number of thioether (sulfide) groups is 1. The Balaban J connectivity index is 1.53. The van der Waals surface area contributed by atoms with Gasteiger partial charge in [-0.05, 0) is 19.4 Å². The normalized spacial score (nSPS) is 10.7. The Kier molecular flexibility index (Phi) is 7.97. The molecule has 0 atom stereocenters. The van der Waals surface area contributed by atoms with Gasteiger partial charge in [-0.1, -0.05) is 42.1 Å². The fourth-order valence-electron chi connectivity index (χ4n) is 2.74.